The van der Waals surface area contributed by atoms with E-state index in [9.17, 15) is 14.9 Å². The predicted octanol–water partition coefficient (Wildman–Crippen LogP) is 1.86. The molecule has 1 unspecified atom stereocenters. The van der Waals surface area contributed by atoms with E-state index in [1.807, 2.05) is 6.08 Å². The van der Waals surface area contributed by atoms with Gasteiger partial charge < -0.3 is 4.74 Å². The van der Waals surface area contributed by atoms with Crippen LogP contribution in [0.5, 0.6) is 0 Å². The third kappa shape index (κ3) is 3.84. The Labute approximate surface area is 93.9 Å². The minimum atomic E-state index is -0.521. The SMILES string of the molecule is CCOC(=O)/C=C/C1=CCCC([N+](=O)[O-])C1. The topological polar surface area (TPSA) is 69.4 Å². The van der Waals surface area contributed by atoms with Gasteiger partial charge in [0.15, 0.2) is 0 Å². The summed E-state index contributed by atoms with van der Waals surface area (Å²) in [5.74, 6) is -0.411. The molecule has 0 saturated heterocycles. The molecule has 0 radical (unpaired) electrons. The molecule has 5 nitrogen and oxygen atoms in total. The Morgan fingerprint density at radius 2 is 2.50 bits per heavy atom. The van der Waals surface area contributed by atoms with Crippen LogP contribution in [0.1, 0.15) is 26.2 Å². The van der Waals surface area contributed by atoms with Crippen molar-refractivity contribution in [3.63, 3.8) is 0 Å². The van der Waals surface area contributed by atoms with Crippen LogP contribution in [0.4, 0.5) is 0 Å². The summed E-state index contributed by atoms with van der Waals surface area (Å²) in [6.07, 6.45) is 6.50. The van der Waals surface area contributed by atoms with E-state index in [0.717, 1.165) is 5.57 Å². The lowest BCUT2D eigenvalue weighted by molar-refractivity contribution is -0.523. The van der Waals surface area contributed by atoms with Crippen molar-refractivity contribution in [1.29, 1.82) is 0 Å². The third-order valence-corrected chi connectivity index (χ3v) is 2.40. The van der Waals surface area contributed by atoms with Crippen molar-refractivity contribution in [3.8, 4) is 0 Å². The first kappa shape index (κ1) is 12.4. The number of rotatable bonds is 4. The quantitative estimate of drug-likeness (QED) is 0.317. The van der Waals surface area contributed by atoms with E-state index in [1.165, 1.54) is 6.08 Å². The second-order valence-corrected chi connectivity index (χ2v) is 3.59. The Morgan fingerprint density at radius 3 is 3.12 bits per heavy atom. The molecule has 0 fully saturated rings. The Morgan fingerprint density at radius 1 is 1.75 bits per heavy atom. The summed E-state index contributed by atoms with van der Waals surface area (Å²) in [5.41, 5.74) is 0.834. The fourth-order valence-electron chi connectivity index (χ4n) is 1.60. The highest BCUT2D eigenvalue weighted by Gasteiger charge is 2.23. The van der Waals surface area contributed by atoms with Crippen molar-refractivity contribution in [3.05, 3.63) is 33.9 Å². The zero-order valence-electron chi connectivity index (χ0n) is 9.22. The van der Waals surface area contributed by atoms with Gasteiger partial charge in [-0.25, -0.2) is 4.79 Å². The lowest BCUT2D eigenvalue weighted by atomic mass is 9.95. The molecule has 88 valence electrons. The van der Waals surface area contributed by atoms with Gasteiger partial charge in [0.1, 0.15) is 0 Å². The van der Waals surface area contributed by atoms with Gasteiger partial charge in [-0.05, 0) is 18.9 Å². The molecule has 1 aliphatic rings. The number of hydrogen-bond donors (Lipinski definition) is 0. The number of carbonyl (C=O) groups is 1. The summed E-state index contributed by atoms with van der Waals surface area (Å²) >= 11 is 0. The average molecular weight is 225 g/mol. The van der Waals surface area contributed by atoms with Crippen LogP contribution in [-0.2, 0) is 9.53 Å². The molecule has 0 amide bonds. The maximum absolute atomic E-state index is 11.0. The van der Waals surface area contributed by atoms with Crippen molar-refractivity contribution in [2.24, 2.45) is 0 Å². The fourth-order valence-corrected chi connectivity index (χ4v) is 1.60. The summed E-state index contributed by atoms with van der Waals surface area (Å²) in [4.78, 5) is 21.4. The molecule has 1 aliphatic carbocycles. The van der Waals surface area contributed by atoms with Gasteiger partial charge in [0.05, 0.1) is 6.61 Å². The Hall–Kier alpha value is -1.65. The van der Waals surface area contributed by atoms with E-state index in [1.54, 1.807) is 13.0 Å². The molecule has 5 heteroatoms. The second-order valence-electron chi connectivity index (χ2n) is 3.59. The highest BCUT2D eigenvalue weighted by molar-refractivity contribution is 5.82. The van der Waals surface area contributed by atoms with Crippen LogP contribution in [0, 0.1) is 10.1 Å². The highest BCUT2D eigenvalue weighted by atomic mass is 16.6. The molecule has 0 aliphatic heterocycles. The fraction of sp³-hybridized carbons (Fsp3) is 0.545. The highest BCUT2D eigenvalue weighted by Crippen LogP contribution is 2.21. The van der Waals surface area contributed by atoms with Crippen molar-refractivity contribution in [2.75, 3.05) is 6.61 Å². The first-order valence-electron chi connectivity index (χ1n) is 5.31. The van der Waals surface area contributed by atoms with Crippen LogP contribution < -0.4 is 0 Å². The van der Waals surface area contributed by atoms with E-state index in [2.05, 4.69) is 0 Å². The standard InChI is InChI=1S/C11H15NO4/c1-2-16-11(13)7-6-9-4-3-5-10(8-9)12(14)15/h4,6-7,10H,2-3,5,8H2,1H3/b7-6+. The Bertz CT molecular complexity index is 333. The molecular formula is C11H15NO4. The van der Waals surface area contributed by atoms with E-state index >= 15 is 0 Å². The van der Waals surface area contributed by atoms with E-state index in [-0.39, 0.29) is 4.92 Å². The van der Waals surface area contributed by atoms with Gasteiger partial charge in [-0.2, -0.15) is 0 Å². The summed E-state index contributed by atoms with van der Waals surface area (Å²) in [6, 6.07) is -0.521. The van der Waals surface area contributed by atoms with Gasteiger partial charge in [0, 0.05) is 23.8 Å². The Balaban J connectivity index is 2.52. The molecule has 0 aromatic rings. The molecule has 1 rings (SSSR count). The van der Waals surface area contributed by atoms with Crippen molar-refractivity contribution in [1.82, 2.24) is 0 Å². The molecule has 0 aromatic heterocycles. The largest absolute Gasteiger partial charge is 0.463 e. The molecule has 16 heavy (non-hydrogen) atoms. The van der Waals surface area contributed by atoms with Crippen molar-refractivity contribution < 1.29 is 14.5 Å². The first-order chi connectivity index (χ1) is 7.63. The van der Waals surface area contributed by atoms with Crippen molar-refractivity contribution >= 4 is 5.97 Å². The zero-order chi connectivity index (χ0) is 12.0. The van der Waals surface area contributed by atoms with Gasteiger partial charge in [0.2, 0.25) is 6.04 Å². The molecule has 0 aromatic carbocycles. The van der Waals surface area contributed by atoms with Crippen LogP contribution >= 0.6 is 0 Å². The first-order valence-corrected chi connectivity index (χ1v) is 5.31. The summed E-state index contributed by atoms with van der Waals surface area (Å²) in [6.45, 7) is 2.06. The zero-order valence-corrected chi connectivity index (χ0v) is 9.22. The monoisotopic (exact) mass is 225 g/mol. The predicted molar refractivity (Wildman–Crippen MR) is 58.5 cm³/mol. The number of nitro groups is 1. The number of ether oxygens (including phenoxy) is 1. The van der Waals surface area contributed by atoms with Crippen molar-refractivity contribution in [2.45, 2.75) is 32.2 Å². The van der Waals surface area contributed by atoms with E-state index < -0.39 is 12.0 Å². The molecule has 0 spiro atoms. The van der Waals surface area contributed by atoms with Gasteiger partial charge >= 0.3 is 5.97 Å². The summed E-state index contributed by atoms with van der Waals surface area (Å²) in [5, 5.41) is 10.6. The van der Waals surface area contributed by atoms with Crippen LogP contribution in [0.15, 0.2) is 23.8 Å². The average Bonchev–Trinajstić information content (AvgIpc) is 2.27. The third-order valence-electron chi connectivity index (χ3n) is 2.40. The number of nitrogens with zero attached hydrogens (tertiary/aromatic N) is 1. The number of esters is 1. The smallest absolute Gasteiger partial charge is 0.330 e. The van der Waals surface area contributed by atoms with E-state index in [0.29, 0.717) is 25.9 Å². The van der Waals surface area contributed by atoms with Gasteiger partial charge in [-0.1, -0.05) is 12.2 Å². The Kier molecular flexibility index (Phi) is 4.69. The van der Waals surface area contributed by atoms with Gasteiger partial charge in [0.25, 0.3) is 0 Å². The number of allylic oxidation sites excluding steroid dienone is 2. The molecule has 0 N–H and O–H groups in total. The van der Waals surface area contributed by atoms with Crippen LogP contribution in [0.25, 0.3) is 0 Å². The maximum Gasteiger partial charge on any atom is 0.330 e. The molecule has 1 atom stereocenters. The lowest BCUT2D eigenvalue weighted by Gasteiger charge is -2.13. The molecule has 0 bridgehead atoms. The van der Waals surface area contributed by atoms with Crippen LogP contribution in [-0.4, -0.2) is 23.5 Å². The summed E-state index contributed by atoms with van der Waals surface area (Å²) < 4.78 is 4.72. The number of hydrogen-bond acceptors (Lipinski definition) is 4. The molecule has 0 saturated carbocycles. The normalized spacial score (nSPS) is 20.6. The molecule has 0 heterocycles. The maximum atomic E-state index is 11.0. The lowest BCUT2D eigenvalue weighted by Crippen LogP contribution is -2.21. The number of carbonyl (C=O) groups excluding carboxylic acids is 1. The second kappa shape index (κ2) is 6.05. The van der Waals surface area contributed by atoms with Gasteiger partial charge in [-0.15, -0.1) is 0 Å². The van der Waals surface area contributed by atoms with Crippen LogP contribution in [0.2, 0.25) is 0 Å². The molecular weight excluding hydrogens is 210 g/mol. The van der Waals surface area contributed by atoms with Gasteiger partial charge in [-0.3, -0.25) is 10.1 Å². The van der Waals surface area contributed by atoms with E-state index in [4.69, 9.17) is 4.74 Å². The minimum absolute atomic E-state index is 0.259. The van der Waals surface area contributed by atoms with Crippen LogP contribution in [0.3, 0.4) is 0 Å². The summed E-state index contributed by atoms with van der Waals surface area (Å²) in [7, 11) is 0. The minimum Gasteiger partial charge on any atom is -0.463 e.